The molecular weight excluding hydrogens is 88.1 g/mol. The Balaban J connectivity index is 3.02. The number of aryl methyl sites for hydroxylation is 1. The van der Waals surface area contributed by atoms with Gasteiger partial charge in [-0.2, -0.15) is 0 Å². The molecular formula is C5H5N2. The Labute approximate surface area is 42.2 Å². The molecule has 0 N–H and O–H groups in total. The van der Waals surface area contributed by atoms with Gasteiger partial charge < -0.3 is 0 Å². The maximum absolute atomic E-state index is 3.86. The van der Waals surface area contributed by atoms with Gasteiger partial charge in [0.15, 0.2) is 0 Å². The lowest BCUT2D eigenvalue weighted by molar-refractivity contribution is 1.11. The van der Waals surface area contributed by atoms with Crippen LogP contribution in [-0.2, 0) is 0 Å². The van der Waals surface area contributed by atoms with Gasteiger partial charge in [0.25, 0.3) is 0 Å². The molecule has 0 fully saturated rings. The fourth-order valence-electron chi connectivity index (χ4n) is 0.328. The van der Waals surface area contributed by atoms with Crippen molar-refractivity contribution < 1.29 is 0 Å². The minimum absolute atomic E-state index is 0.929. The summed E-state index contributed by atoms with van der Waals surface area (Å²) < 4.78 is 0. The second kappa shape index (κ2) is 1.69. The summed E-state index contributed by atoms with van der Waals surface area (Å²) in [5.74, 6) is 0. The second-order valence-corrected chi connectivity index (χ2v) is 1.29. The van der Waals surface area contributed by atoms with Crippen LogP contribution in [0.5, 0.6) is 0 Å². The van der Waals surface area contributed by atoms with Crippen LogP contribution in [0.1, 0.15) is 5.69 Å². The second-order valence-electron chi connectivity index (χ2n) is 1.29. The first-order valence-electron chi connectivity index (χ1n) is 2.04. The highest BCUT2D eigenvalue weighted by atomic mass is 14.7. The van der Waals surface area contributed by atoms with Crippen LogP contribution in [0.3, 0.4) is 0 Å². The van der Waals surface area contributed by atoms with Crippen LogP contribution in [0.25, 0.3) is 0 Å². The van der Waals surface area contributed by atoms with Gasteiger partial charge in [0.05, 0.1) is 11.9 Å². The summed E-state index contributed by atoms with van der Waals surface area (Å²) in [6.45, 7) is 1.89. The highest BCUT2D eigenvalue weighted by Crippen LogP contribution is 1.80. The first-order chi connectivity index (χ1) is 3.39. The van der Waals surface area contributed by atoms with Crippen molar-refractivity contribution in [3.05, 3.63) is 24.3 Å². The molecule has 35 valence electrons. The van der Waals surface area contributed by atoms with E-state index in [-0.39, 0.29) is 0 Å². The van der Waals surface area contributed by atoms with Crippen molar-refractivity contribution in [3.63, 3.8) is 0 Å². The first-order valence-corrected chi connectivity index (χ1v) is 2.04. The molecule has 0 aliphatic heterocycles. The van der Waals surface area contributed by atoms with Crippen LogP contribution < -0.4 is 0 Å². The topological polar surface area (TPSA) is 25.8 Å². The third-order valence-electron chi connectivity index (χ3n) is 0.652. The van der Waals surface area contributed by atoms with Gasteiger partial charge in [-0.3, -0.25) is 9.97 Å². The van der Waals surface area contributed by atoms with E-state index in [9.17, 15) is 0 Å². The summed E-state index contributed by atoms with van der Waals surface area (Å²) in [4.78, 5) is 7.56. The van der Waals surface area contributed by atoms with Crippen LogP contribution in [0.2, 0.25) is 0 Å². The van der Waals surface area contributed by atoms with E-state index in [4.69, 9.17) is 0 Å². The fourth-order valence-corrected chi connectivity index (χ4v) is 0.328. The zero-order chi connectivity index (χ0) is 5.11. The predicted octanol–water partition coefficient (Wildman–Crippen LogP) is 0.585. The standard InChI is InChI=1S/C5H5N2/c1-5-4-6-2-3-7-5/h3-4H,1H3. The predicted molar refractivity (Wildman–Crippen MR) is 25.6 cm³/mol. The van der Waals surface area contributed by atoms with Crippen LogP contribution in [0, 0.1) is 13.1 Å². The molecule has 1 radical (unpaired) electrons. The summed E-state index contributed by atoms with van der Waals surface area (Å²) >= 11 is 0. The monoisotopic (exact) mass is 93.0 g/mol. The quantitative estimate of drug-likeness (QED) is 0.469. The highest BCUT2D eigenvalue weighted by molar-refractivity contribution is 4.88. The number of rotatable bonds is 0. The fraction of sp³-hybridized carbons (Fsp3) is 0.200. The van der Waals surface area contributed by atoms with Gasteiger partial charge in [0.1, 0.15) is 6.20 Å². The molecule has 1 aromatic heterocycles. The summed E-state index contributed by atoms with van der Waals surface area (Å²) in [5, 5.41) is 0. The van der Waals surface area contributed by atoms with E-state index in [0.29, 0.717) is 0 Å². The molecule has 0 aromatic carbocycles. The summed E-state index contributed by atoms with van der Waals surface area (Å²) in [6, 6.07) is 0. The average Bonchev–Trinajstić information content (AvgIpc) is 1.69. The molecule has 1 rings (SSSR count). The molecule has 0 amide bonds. The minimum Gasteiger partial charge on any atom is -0.258 e. The summed E-state index contributed by atoms with van der Waals surface area (Å²) in [6.07, 6.45) is 5.79. The molecule has 1 aromatic rings. The van der Waals surface area contributed by atoms with Gasteiger partial charge in [-0.05, 0) is 6.92 Å². The molecule has 0 aliphatic carbocycles. The van der Waals surface area contributed by atoms with E-state index >= 15 is 0 Å². The zero-order valence-corrected chi connectivity index (χ0v) is 4.05. The van der Waals surface area contributed by atoms with Crippen LogP contribution >= 0.6 is 0 Å². The molecule has 0 saturated carbocycles. The number of hydrogen-bond donors (Lipinski definition) is 0. The Morgan fingerprint density at radius 2 is 2.57 bits per heavy atom. The van der Waals surface area contributed by atoms with Gasteiger partial charge in [-0.15, -0.1) is 0 Å². The van der Waals surface area contributed by atoms with Crippen LogP contribution in [0.4, 0.5) is 0 Å². The highest BCUT2D eigenvalue weighted by Gasteiger charge is 1.75. The number of aromatic nitrogens is 2. The molecule has 7 heavy (non-hydrogen) atoms. The van der Waals surface area contributed by atoms with Crippen molar-refractivity contribution in [1.82, 2.24) is 9.97 Å². The molecule has 0 saturated heterocycles. The molecule has 0 aliphatic rings. The van der Waals surface area contributed by atoms with E-state index in [1.54, 1.807) is 12.4 Å². The first kappa shape index (κ1) is 4.24. The van der Waals surface area contributed by atoms with Gasteiger partial charge >= 0.3 is 0 Å². The normalized spacial score (nSPS) is 8.71. The molecule has 0 unspecified atom stereocenters. The Morgan fingerprint density at radius 3 is 2.86 bits per heavy atom. The lowest BCUT2D eigenvalue weighted by Crippen LogP contribution is -1.78. The molecule has 1 heterocycles. The zero-order valence-electron chi connectivity index (χ0n) is 4.05. The van der Waals surface area contributed by atoms with Crippen molar-refractivity contribution in [2.75, 3.05) is 0 Å². The van der Waals surface area contributed by atoms with Gasteiger partial charge in [0, 0.05) is 6.20 Å². The Hall–Kier alpha value is -0.920. The van der Waals surface area contributed by atoms with Crippen molar-refractivity contribution in [2.45, 2.75) is 6.92 Å². The van der Waals surface area contributed by atoms with E-state index in [1.165, 1.54) is 0 Å². The molecule has 2 nitrogen and oxygen atoms in total. The average molecular weight is 93.1 g/mol. The minimum atomic E-state index is 0.929. The van der Waals surface area contributed by atoms with E-state index in [1.807, 2.05) is 6.92 Å². The smallest absolute Gasteiger partial charge is 0.108 e. The maximum atomic E-state index is 3.86. The van der Waals surface area contributed by atoms with Crippen molar-refractivity contribution >= 4 is 0 Å². The van der Waals surface area contributed by atoms with Gasteiger partial charge in [-0.1, -0.05) is 0 Å². The Morgan fingerprint density at radius 1 is 1.71 bits per heavy atom. The van der Waals surface area contributed by atoms with E-state index in [2.05, 4.69) is 16.2 Å². The summed E-state index contributed by atoms with van der Waals surface area (Å²) in [7, 11) is 0. The van der Waals surface area contributed by atoms with Crippen LogP contribution in [0.15, 0.2) is 12.4 Å². The summed E-state index contributed by atoms with van der Waals surface area (Å²) in [5.41, 5.74) is 0.929. The lowest BCUT2D eigenvalue weighted by atomic mass is 10.5. The SMILES string of the molecule is Cc1cn[c]cn1. The Kier molecular flexibility index (Phi) is 1.02. The Bertz CT molecular complexity index is 136. The van der Waals surface area contributed by atoms with E-state index in [0.717, 1.165) is 5.69 Å². The van der Waals surface area contributed by atoms with Crippen molar-refractivity contribution in [3.8, 4) is 0 Å². The van der Waals surface area contributed by atoms with E-state index < -0.39 is 0 Å². The third-order valence-corrected chi connectivity index (χ3v) is 0.652. The van der Waals surface area contributed by atoms with Crippen molar-refractivity contribution in [2.24, 2.45) is 0 Å². The maximum Gasteiger partial charge on any atom is 0.108 e. The lowest BCUT2D eigenvalue weighted by Gasteiger charge is -1.80. The van der Waals surface area contributed by atoms with Crippen LogP contribution in [-0.4, -0.2) is 9.97 Å². The number of hydrogen-bond acceptors (Lipinski definition) is 2. The molecule has 2 heteroatoms. The van der Waals surface area contributed by atoms with Gasteiger partial charge in [-0.25, -0.2) is 0 Å². The number of nitrogens with zero attached hydrogens (tertiary/aromatic N) is 2. The van der Waals surface area contributed by atoms with Gasteiger partial charge in [0.2, 0.25) is 0 Å². The van der Waals surface area contributed by atoms with Crippen molar-refractivity contribution in [1.29, 1.82) is 0 Å². The third kappa shape index (κ3) is 0.961. The molecule has 0 atom stereocenters. The molecule has 0 spiro atoms. The molecule has 0 bridgehead atoms. The largest absolute Gasteiger partial charge is 0.258 e.